The van der Waals surface area contributed by atoms with E-state index in [1.165, 1.54) is 0 Å². The van der Waals surface area contributed by atoms with Crippen LogP contribution in [0.5, 0.6) is 0 Å². The van der Waals surface area contributed by atoms with Gasteiger partial charge in [-0.1, -0.05) is 12.1 Å². The third-order valence-corrected chi connectivity index (χ3v) is 6.68. The third-order valence-electron chi connectivity index (χ3n) is 4.91. The van der Waals surface area contributed by atoms with Crippen molar-refractivity contribution in [2.75, 3.05) is 37.7 Å². The number of aryl methyl sites for hydroxylation is 1. The molecule has 2 fully saturated rings. The van der Waals surface area contributed by atoms with Crippen LogP contribution in [0.2, 0.25) is 0 Å². The van der Waals surface area contributed by atoms with E-state index in [1.807, 2.05) is 13.8 Å². The zero-order chi connectivity index (χ0) is 17.3. The largest absolute Gasteiger partial charge is 0.340 e. The highest BCUT2D eigenvalue weighted by atomic mass is 32.2. The number of nitrogens with zero attached hydrogens (tertiary/aromatic N) is 4. The first kappa shape index (κ1) is 17.3. The zero-order valence-corrected chi connectivity index (χ0v) is 15.0. The van der Waals surface area contributed by atoms with Crippen molar-refractivity contribution in [3.05, 3.63) is 11.7 Å². The van der Waals surface area contributed by atoms with Gasteiger partial charge in [-0.3, -0.25) is 9.69 Å². The molecule has 2 atom stereocenters. The van der Waals surface area contributed by atoms with Gasteiger partial charge >= 0.3 is 0 Å². The summed E-state index contributed by atoms with van der Waals surface area (Å²) in [6.45, 7) is 6.65. The first-order valence-electron chi connectivity index (χ1n) is 8.45. The molecule has 0 saturated carbocycles. The standard InChI is InChI=1S/C15H24N4O4S/c1-3-13-16-14(23-17-13)11(2)18-5-7-19(8-6-18)15(20)12-4-9-24(21,22)10-12/h11-12H,3-10H2,1-2H3/t11-,12+/m1/s1. The summed E-state index contributed by atoms with van der Waals surface area (Å²) in [4.78, 5) is 20.9. The highest BCUT2D eigenvalue weighted by Gasteiger charge is 2.37. The summed E-state index contributed by atoms with van der Waals surface area (Å²) < 4.78 is 28.4. The Labute approximate surface area is 142 Å². The van der Waals surface area contributed by atoms with Crippen LogP contribution < -0.4 is 0 Å². The van der Waals surface area contributed by atoms with Crippen molar-refractivity contribution in [3.8, 4) is 0 Å². The van der Waals surface area contributed by atoms with Crippen LogP contribution in [0.3, 0.4) is 0 Å². The van der Waals surface area contributed by atoms with Crippen molar-refractivity contribution in [2.45, 2.75) is 32.7 Å². The predicted molar refractivity (Wildman–Crippen MR) is 87.0 cm³/mol. The number of piperazine rings is 1. The first-order valence-corrected chi connectivity index (χ1v) is 10.3. The molecule has 0 radical (unpaired) electrons. The molecule has 0 N–H and O–H groups in total. The molecular formula is C15H24N4O4S. The summed E-state index contributed by atoms with van der Waals surface area (Å²) in [6.07, 6.45) is 1.20. The zero-order valence-electron chi connectivity index (χ0n) is 14.1. The molecule has 1 amide bonds. The summed E-state index contributed by atoms with van der Waals surface area (Å²) in [5, 5.41) is 3.93. The van der Waals surface area contributed by atoms with Crippen molar-refractivity contribution < 1.29 is 17.7 Å². The normalized spacial score (nSPS) is 25.8. The highest BCUT2D eigenvalue weighted by Crippen LogP contribution is 2.24. The van der Waals surface area contributed by atoms with Crippen molar-refractivity contribution in [1.29, 1.82) is 0 Å². The molecule has 2 aliphatic heterocycles. The summed E-state index contributed by atoms with van der Waals surface area (Å²) in [5.41, 5.74) is 0. The van der Waals surface area contributed by atoms with Gasteiger partial charge in [0.05, 0.1) is 23.5 Å². The van der Waals surface area contributed by atoms with Crippen molar-refractivity contribution >= 4 is 15.7 Å². The minimum Gasteiger partial charge on any atom is -0.340 e. The Balaban J connectivity index is 1.54. The lowest BCUT2D eigenvalue weighted by molar-refractivity contribution is -0.136. The van der Waals surface area contributed by atoms with Gasteiger partial charge in [-0.25, -0.2) is 8.42 Å². The molecule has 0 aliphatic carbocycles. The quantitative estimate of drug-likeness (QED) is 0.764. The molecule has 3 heterocycles. The summed E-state index contributed by atoms with van der Waals surface area (Å²) in [7, 11) is -3.03. The number of rotatable bonds is 4. The van der Waals surface area contributed by atoms with Crippen LogP contribution >= 0.6 is 0 Å². The minimum atomic E-state index is -3.03. The molecule has 0 unspecified atom stereocenters. The number of carbonyl (C=O) groups is 1. The molecule has 1 aromatic heterocycles. The van der Waals surface area contributed by atoms with E-state index in [9.17, 15) is 13.2 Å². The monoisotopic (exact) mass is 356 g/mol. The summed E-state index contributed by atoms with van der Waals surface area (Å²) in [6, 6.07) is 0.0157. The van der Waals surface area contributed by atoms with Gasteiger partial charge in [0.15, 0.2) is 15.7 Å². The van der Waals surface area contributed by atoms with E-state index >= 15 is 0 Å². The fraction of sp³-hybridized carbons (Fsp3) is 0.800. The maximum absolute atomic E-state index is 12.5. The second kappa shape index (κ2) is 6.79. The fourth-order valence-electron chi connectivity index (χ4n) is 3.31. The Morgan fingerprint density at radius 3 is 2.58 bits per heavy atom. The number of hydrogen-bond acceptors (Lipinski definition) is 7. The van der Waals surface area contributed by atoms with Crippen LogP contribution in [0.1, 0.15) is 38.0 Å². The van der Waals surface area contributed by atoms with E-state index < -0.39 is 9.84 Å². The topological polar surface area (TPSA) is 96.6 Å². The Bertz CT molecular complexity index is 694. The van der Waals surface area contributed by atoms with Gasteiger partial charge < -0.3 is 9.42 Å². The molecule has 8 nitrogen and oxygen atoms in total. The van der Waals surface area contributed by atoms with E-state index in [0.717, 1.165) is 19.5 Å². The van der Waals surface area contributed by atoms with Crippen LogP contribution in [-0.4, -0.2) is 72.0 Å². The van der Waals surface area contributed by atoms with Crippen LogP contribution in [0.15, 0.2) is 4.52 Å². The maximum Gasteiger partial charge on any atom is 0.243 e. The number of carbonyl (C=O) groups excluding carboxylic acids is 1. The number of aromatic nitrogens is 2. The van der Waals surface area contributed by atoms with Crippen LogP contribution in [0.4, 0.5) is 0 Å². The van der Waals surface area contributed by atoms with E-state index in [2.05, 4.69) is 15.0 Å². The second-order valence-electron chi connectivity index (χ2n) is 6.54. The van der Waals surface area contributed by atoms with Crippen LogP contribution in [0.25, 0.3) is 0 Å². The van der Waals surface area contributed by atoms with Crippen LogP contribution in [-0.2, 0) is 21.1 Å². The van der Waals surface area contributed by atoms with E-state index in [-0.39, 0.29) is 29.4 Å². The molecule has 3 rings (SSSR count). The summed E-state index contributed by atoms with van der Waals surface area (Å²) in [5.74, 6) is 1.07. The Hall–Kier alpha value is -1.48. The van der Waals surface area contributed by atoms with Crippen molar-refractivity contribution in [2.24, 2.45) is 5.92 Å². The van der Waals surface area contributed by atoms with E-state index in [1.54, 1.807) is 4.90 Å². The average molecular weight is 356 g/mol. The van der Waals surface area contributed by atoms with Crippen LogP contribution in [0, 0.1) is 5.92 Å². The maximum atomic E-state index is 12.5. The second-order valence-corrected chi connectivity index (χ2v) is 8.77. The first-order chi connectivity index (χ1) is 11.4. The Kier molecular flexibility index (Phi) is 4.91. The van der Waals surface area contributed by atoms with Gasteiger partial charge in [-0.05, 0) is 13.3 Å². The third kappa shape index (κ3) is 3.61. The molecular weight excluding hydrogens is 332 g/mol. The Morgan fingerprint density at radius 1 is 1.33 bits per heavy atom. The lowest BCUT2D eigenvalue weighted by Gasteiger charge is -2.37. The Morgan fingerprint density at radius 2 is 2.04 bits per heavy atom. The minimum absolute atomic E-state index is 0.00420. The van der Waals surface area contributed by atoms with Crippen molar-refractivity contribution in [3.63, 3.8) is 0 Å². The lowest BCUT2D eigenvalue weighted by Crippen LogP contribution is -2.51. The summed E-state index contributed by atoms with van der Waals surface area (Å²) >= 11 is 0. The van der Waals surface area contributed by atoms with Crippen molar-refractivity contribution in [1.82, 2.24) is 19.9 Å². The smallest absolute Gasteiger partial charge is 0.243 e. The van der Waals surface area contributed by atoms with E-state index in [0.29, 0.717) is 31.2 Å². The lowest BCUT2D eigenvalue weighted by atomic mass is 10.1. The van der Waals surface area contributed by atoms with Gasteiger partial charge in [0, 0.05) is 32.6 Å². The molecule has 0 aromatic carbocycles. The van der Waals surface area contributed by atoms with Gasteiger partial charge in [0.1, 0.15) is 0 Å². The molecule has 0 spiro atoms. The molecule has 0 bridgehead atoms. The predicted octanol–water partition coefficient (Wildman–Crippen LogP) is 0.272. The van der Waals surface area contributed by atoms with Gasteiger partial charge in [-0.2, -0.15) is 4.98 Å². The number of sulfone groups is 1. The van der Waals surface area contributed by atoms with Gasteiger partial charge in [0.2, 0.25) is 11.8 Å². The van der Waals surface area contributed by atoms with Gasteiger partial charge in [0.25, 0.3) is 0 Å². The SMILES string of the molecule is CCc1noc([C@@H](C)N2CCN(C(=O)[C@H]3CCS(=O)(=O)C3)CC2)n1. The molecule has 9 heteroatoms. The highest BCUT2D eigenvalue weighted by molar-refractivity contribution is 7.91. The number of hydrogen-bond donors (Lipinski definition) is 0. The fourth-order valence-corrected chi connectivity index (χ4v) is 5.05. The molecule has 134 valence electrons. The molecule has 1 aromatic rings. The average Bonchev–Trinajstić information content (AvgIpc) is 3.20. The molecule has 24 heavy (non-hydrogen) atoms. The van der Waals surface area contributed by atoms with E-state index in [4.69, 9.17) is 4.52 Å². The molecule has 2 saturated heterocycles. The number of amides is 1. The molecule has 2 aliphatic rings. The van der Waals surface area contributed by atoms with Gasteiger partial charge in [-0.15, -0.1) is 0 Å².